The average molecular weight is 242 g/mol. The Hall–Kier alpha value is -0.970. The first-order valence-electron chi connectivity index (χ1n) is 5.55. The maximum atomic E-state index is 12.3. The van der Waals surface area contributed by atoms with Crippen molar-refractivity contribution in [2.24, 2.45) is 11.3 Å². The van der Waals surface area contributed by atoms with Gasteiger partial charge in [-0.1, -0.05) is 27.2 Å². The van der Waals surface area contributed by atoms with Gasteiger partial charge in [0.2, 0.25) is 11.8 Å². The molecule has 0 aromatic rings. The largest absolute Gasteiger partial charge is 0.302 e. The zero-order valence-electron chi connectivity index (χ0n) is 10.2. The smallest absolute Gasteiger partial charge is 0.244 e. The summed E-state index contributed by atoms with van der Waals surface area (Å²) in [6, 6.07) is 0. The van der Waals surface area contributed by atoms with E-state index in [9.17, 15) is 9.59 Å². The minimum absolute atomic E-state index is 0.00977. The van der Waals surface area contributed by atoms with Crippen LogP contribution in [0.3, 0.4) is 0 Å². The molecular formula is C11H18N2O2S. The van der Waals surface area contributed by atoms with Gasteiger partial charge in [-0.15, -0.1) is 0 Å². The molecule has 0 aromatic heterocycles. The summed E-state index contributed by atoms with van der Waals surface area (Å²) in [6.45, 7) is 5.78. The highest BCUT2D eigenvalue weighted by Crippen LogP contribution is 2.37. The van der Waals surface area contributed by atoms with Gasteiger partial charge in [-0.05, 0) is 24.6 Å². The highest BCUT2D eigenvalue weighted by Gasteiger charge is 2.53. The Balaban J connectivity index is 3.21. The molecule has 1 fully saturated rings. The molecular weight excluding hydrogens is 224 g/mol. The van der Waals surface area contributed by atoms with E-state index in [1.54, 1.807) is 7.05 Å². The average Bonchev–Trinajstić information content (AvgIpc) is 2.27. The lowest BCUT2D eigenvalue weighted by Crippen LogP contribution is -2.64. The third-order valence-corrected chi connectivity index (χ3v) is 4.00. The molecule has 1 aliphatic rings. The van der Waals surface area contributed by atoms with E-state index in [4.69, 9.17) is 12.2 Å². The van der Waals surface area contributed by atoms with Crippen LogP contribution in [-0.2, 0) is 9.59 Å². The van der Waals surface area contributed by atoms with Gasteiger partial charge in [0.05, 0.1) is 0 Å². The normalized spacial score (nSPS) is 28.0. The van der Waals surface area contributed by atoms with Crippen LogP contribution in [-0.4, -0.2) is 28.9 Å². The summed E-state index contributed by atoms with van der Waals surface area (Å²) in [6.07, 6.45) is 1.28. The Morgan fingerprint density at radius 2 is 2.00 bits per heavy atom. The van der Waals surface area contributed by atoms with E-state index in [0.717, 1.165) is 6.42 Å². The summed E-state index contributed by atoms with van der Waals surface area (Å²) in [4.78, 5) is 25.7. The molecule has 2 unspecified atom stereocenters. The molecule has 16 heavy (non-hydrogen) atoms. The predicted octanol–water partition coefficient (Wildman–Crippen LogP) is 1.30. The molecule has 5 heteroatoms. The topological polar surface area (TPSA) is 49.4 Å². The Morgan fingerprint density at radius 3 is 2.44 bits per heavy atom. The van der Waals surface area contributed by atoms with Gasteiger partial charge in [-0.25, -0.2) is 0 Å². The van der Waals surface area contributed by atoms with E-state index in [0.29, 0.717) is 6.42 Å². The molecule has 2 atom stereocenters. The zero-order valence-corrected chi connectivity index (χ0v) is 11.0. The van der Waals surface area contributed by atoms with Gasteiger partial charge < -0.3 is 5.32 Å². The van der Waals surface area contributed by atoms with E-state index in [1.807, 2.05) is 20.8 Å². The first-order chi connectivity index (χ1) is 7.41. The summed E-state index contributed by atoms with van der Waals surface area (Å²) in [5.41, 5.74) is -0.953. The molecule has 0 aromatic carbocycles. The van der Waals surface area contributed by atoms with Crippen LogP contribution >= 0.6 is 12.2 Å². The Bertz CT molecular complexity index is 343. The lowest BCUT2D eigenvalue weighted by molar-refractivity contribution is -0.153. The van der Waals surface area contributed by atoms with Crippen molar-refractivity contribution in [2.45, 2.75) is 33.6 Å². The van der Waals surface area contributed by atoms with Crippen LogP contribution in [0.2, 0.25) is 0 Å². The fraction of sp³-hybridized carbons (Fsp3) is 0.727. The second kappa shape index (κ2) is 4.49. The maximum absolute atomic E-state index is 12.3. The van der Waals surface area contributed by atoms with Gasteiger partial charge in [-0.2, -0.15) is 0 Å². The first kappa shape index (κ1) is 13.1. The number of nitrogens with zero attached hydrogens (tertiary/aromatic N) is 1. The molecule has 0 aliphatic carbocycles. The Morgan fingerprint density at radius 1 is 1.44 bits per heavy atom. The lowest BCUT2D eigenvalue weighted by atomic mass is 9.70. The molecule has 1 heterocycles. The third kappa shape index (κ3) is 1.63. The highest BCUT2D eigenvalue weighted by molar-refractivity contribution is 7.80. The van der Waals surface area contributed by atoms with Crippen molar-refractivity contribution in [2.75, 3.05) is 7.05 Å². The number of nitrogens with one attached hydrogen (secondary N) is 1. The van der Waals surface area contributed by atoms with E-state index in [-0.39, 0.29) is 22.8 Å². The minimum Gasteiger partial charge on any atom is -0.302 e. The van der Waals surface area contributed by atoms with Crippen molar-refractivity contribution < 1.29 is 9.59 Å². The van der Waals surface area contributed by atoms with Crippen LogP contribution in [0.1, 0.15) is 33.6 Å². The molecule has 0 radical (unpaired) electrons. The molecule has 1 rings (SSSR count). The maximum Gasteiger partial charge on any atom is 0.244 e. The predicted molar refractivity (Wildman–Crippen MR) is 65.7 cm³/mol. The molecule has 0 spiro atoms. The number of carbonyl (C=O) groups is 2. The second-order valence-electron chi connectivity index (χ2n) is 4.26. The lowest BCUT2D eigenvalue weighted by Gasteiger charge is -2.42. The van der Waals surface area contributed by atoms with Crippen molar-refractivity contribution in [1.82, 2.24) is 10.2 Å². The molecule has 0 bridgehead atoms. The number of hydrogen-bond donors (Lipinski definition) is 1. The first-order valence-corrected chi connectivity index (χ1v) is 5.96. The van der Waals surface area contributed by atoms with Crippen molar-refractivity contribution in [3.05, 3.63) is 0 Å². The van der Waals surface area contributed by atoms with Crippen LogP contribution in [0.25, 0.3) is 0 Å². The van der Waals surface area contributed by atoms with Crippen LogP contribution in [0.4, 0.5) is 0 Å². The minimum atomic E-state index is -0.953. The van der Waals surface area contributed by atoms with E-state index in [2.05, 4.69) is 5.32 Å². The molecule has 2 amide bonds. The molecule has 90 valence electrons. The quantitative estimate of drug-likeness (QED) is 0.599. The van der Waals surface area contributed by atoms with Crippen molar-refractivity contribution >= 4 is 29.1 Å². The Labute approximate surface area is 101 Å². The van der Waals surface area contributed by atoms with Crippen molar-refractivity contribution in [3.8, 4) is 0 Å². The van der Waals surface area contributed by atoms with Crippen LogP contribution in [0, 0.1) is 11.3 Å². The zero-order chi connectivity index (χ0) is 12.5. The van der Waals surface area contributed by atoms with Crippen LogP contribution in [0.5, 0.6) is 0 Å². The Kier molecular flexibility index (Phi) is 3.68. The number of amides is 2. The number of rotatable bonds is 3. The molecule has 1 N–H and O–H groups in total. The van der Waals surface area contributed by atoms with Gasteiger partial charge >= 0.3 is 0 Å². The van der Waals surface area contributed by atoms with Gasteiger partial charge in [0.15, 0.2) is 5.11 Å². The summed E-state index contributed by atoms with van der Waals surface area (Å²) >= 11 is 4.93. The monoisotopic (exact) mass is 242 g/mol. The fourth-order valence-corrected chi connectivity index (χ4v) is 2.40. The van der Waals surface area contributed by atoms with Gasteiger partial charge in [0.25, 0.3) is 0 Å². The molecule has 4 nitrogen and oxygen atoms in total. The molecule has 1 aliphatic heterocycles. The summed E-state index contributed by atoms with van der Waals surface area (Å²) < 4.78 is 0. The SMILES string of the molecule is CCC(C)C1(CC)C(=O)NC(=S)N(C)C1=O. The van der Waals surface area contributed by atoms with Crippen LogP contribution < -0.4 is 5.32 Å². The van der Waals surface area contributed by atoms with E-state index in [1.165, 1.54) is 4.90 Å². The summed E-state index contributed by atoms with van der Waals surface area (Å²) in [5, 5.41) is 2.81. The standard InChI is InChI=1S/C11H18N2O2S/c1-5-7(3)11(6-2)8(14)12-10(16)13(4)9(11)15/h7H,5-6H2,1-4H3,(H,12,14,16). The number of thiocarbonyl (C=S) groups is 1. The highest BCUT2D eigenvalue weighted by atomic mass is 32.1. The molecule has 0 saturated carbocycles. The summed E-state index contributed by atoms with van der Waals surface area (Å²) in [7, 11) is 1.61. The van der Waals surface area contributed by atoms with Crippen molar-refractivity contribution in [1.29, 1.82) is 0 Å². The fourth-order valence-electron chi connectivity index (χ4n) is 2.22. The summed E-state index contributed by atoms with van der Waals surface area (Å²) in [5.74, 6) is -0.425. The van der Waals surface area contributed by atoms with Gasteiger partial charge in [0.1, 0.15) is 5.41 Å². The van der Waals surface area contributed by atoms with Crippen LogP contribution in [0.15, 0.2) is 0 Å². The third-order valence-electron chi connectivity index (χ3n) is 3.63. The van der Waals surface area contributed by atoms with Crippen molar-refractivity contribution in [3.63, 3.8) is 0 Å². The molecule has 1 saturated heterocycles. The number of hydrogen-bond acceptors (Lipinski definition) is 3. The van der Waals surface area contributed by atoms with E-state index >= 15 is 0 Å². The second-order valence-corrected chi connectivity index (χ2v) is 4.64. The van der Waals surface area contributed by atoms with Gasteiger partial charge in [-0.3, -0.25) is 14.5 Å². The number of carbonyl (C=O) groups excluding carboxylic acids is 2. The van der Waals surface area contributed by atoms with Gasteiger partial charge in [0, 0.05) is 7.05 Å². The van der Waals surface area contributed by atoms with E-state index < -0.39 is 5.41 Å².